The maximum atomic E-state index is 13.5. The Balaban J connectivity index is 1.63. The Morgan fingerprint density at radius 3 is 2.60 bits per heavy atom. The number of amides is 3. The van der Waals surface area contributed by atoms with Gasteiger partial charge < -0.3 is 20.3 Å². The zero-order chi connectivity index (χ0) is 21.7. The molecule has 4 rings (SSSR count). The Bertz CT molecular complexity index is 780. The fourth-order valence-corrected chi connectivity index (χ4v) is 5.59. The molecule has 1 saturated carbocycles. The van der Waals surface area contributed by atoms with Gasteiger partial charge in [0.1, 0.15) is 11.6 Å². The molecular formula is C23H33N3O4. The van der Waals surface area contributed by atoms with Crippen molar-refractivity contribution in [3.8, 4) is 0 Å². The summed E-state index contributed by atoms with van der Waals surface area (Å²) in [6, 6.07) is -0.660. The average Bonchev–Trinajstić information content (AvgIpc) is 3.29. The number of nitrogens with zero attached hydrogens (tertiary/aromatic N) is 1. The van der Waals surface area contributed by atoms with Crippen molar-refractivity contribution in [2.45, 2.75) is 82.2 Å². The lowest BCUT2D eigenvalue weighted by atomic mass is 9.74. The normalized spacial score (nSPS) is 35.4. The second-order valence-electron chi connectivity index (χ2n) is 10.1. The van der Waals surface area contributed by atoms with E-state index in [0.29, 0.717) is 0 Å². The molecule has 0 aromatic rings. The van der Waals surface area contributed by atoms with Crippen LogP contribution in [-0.4, -0.2) is 58.5 Å². The summed E-state index contributed by atoms with van der Waals surface area (Å²) >= 11 is 0. The van der Waals surface area contributed by atoms with Crippen LogP contribution < -0.4 is 10.6 Å². The summed E-state index contributed by atoms with van der Waals surface area (Å²) < 4.78 is 6.27. The number of fused-ring (bicyclic) bond motifs is 1. The van der Waals surface area contributed by atoms with Crippen molar-refractivity contribution in [1.82, 2.24) is 15.5 Å². The van der Waals surface area contributed by atoms with Gasteiger partial charge in [0, 0.05) is 18.1 Å². The van der Waals surface area contributed by atoms with E-state index in [2.05, 4.69) is 17.2 Å². The molecule has 2 N–H and O–H groups in total. The highest BCUT2D eigenvalue weighted by Gasteiger charge is 2.72. The summed E-state index contributed by atoms with van der Waals surface area (Å²) in [5, 5.41) is 6.15. The molecule has 4 aliphatic rings. The van der Waals surface area contributed by atoms with Gasteiger partial charge in [-0.1, -0.05) is 37.5 Å². The lowest BCUT2D eigenvalue weighted by Crippen LogP contribution is -2.58. The van der Waals surface area contributed by atoms with Crippen molar-refractivity contribution in [3.05, 3.63) is 24.8 Å². The minimum absolute atomic E-state index is 0.132. The first-order valence-corrected chi connectivity index (χ1v) is 11.1. The topological polar surface area (TPSA) is 87.7 Å². The summed E-state index contributed by atoms with van der Waals surface area (Å²) in [5.41, 5.74) is -1.55. The van der Waals surface area contributed by atoms with Crippen LogP contribution in [0.5, 0.6) is 0 Å². The largest absolute Gasteiger partial charge is 0.359 e. The van der Waals surface area contributed by atoms with E-state index in [1.807, 2.05) is 32.9 Å². The van der Waals surface area contributed by atoms with Crippen LogP contribution in [0, 0.1) is 11.8 Å². The number of carbonyl (C=O) groups is 3. The van der Waals surface area contributed by atoms with Gasteiger partial charge in [-0.05, 0) is 33.6 Å². The van der Waals surface area contributed by atoms with E-state index in [4.69, 9.17) is 4.74 Å². The Hall–Kier alpha value is -2.15. The van der Waals surface area contributed by atoms with Crippen molar-refractivity contribution in [2.24, 2.45) is 11.8 Å². The first-order valence-electron chi connectivity index (χ1n) is 11.1. The number of rotatable bonds is 5. The molecule has 0 radical (unpaired) electrons. The van der Waals surface area contributed by atoms with Gasteiger partial charge >= 0.3 is 0 Å². The summed E-state index contributed by atoms with van der Waals surface area (Å²) in [4.78, 5) is 41.5. The molecule has 1 aliphatic carbocycles. The quantitative estimate of drug-likeness (QED) is 0.669. The first-order chi connectivity index (χ1) is 14.2. The van der Waals surface area contributed by atoms with Crippen LogP contribution in [0.15, 0.2) is 24.8 Å². The molecule has 30 heavy (non-hydrogen) atoms. The molecule has 7 nitrogen and oxygen atoms in total. The molecule has 1 spiro atoms. The molecule has 3 amide bonds. The van der Waals surface area contributed by atoms with E-state index in [0.717, 1.165) is 25.7 Å². The standard InChI is InChI=1S/C23H33N3O4/c1-5-13-26-18(20(28)25-22(2,3)4)23-12-11-15(30-23)16(17(23)21(26)29)19(27)24-14-9-7-6-8-10-14/h5,11-12,14-18H,1,6-10,13H2,2-4H3,(H,24,27)(H,25,28)/t15-,16-,17+,18+,23-/m0/s1. The zero-order valence-electron chi connectivity index (χ0n) is 18.1. The molecule has 0 aromatic heterocycles. The fourth-order valence-electron chi connectivity index (χ4n) is 5.59. The Labute approximate surface area is 178 Å². The van der Waals surface area contributed by atoms with Crippen LogP contribution in [0.1, 0.15) is 52.9 Å². The van der Waals surface area contributed by atoms with Gasteiger partial charge in [0.05, 0.1) is 17.9 Å². The third-order valence-electron chi connectivity index (χ3n) is 6.70. The molecule has 0 unspecified atom stereocenters. The second-order valence-corrected chi connectivity index (χ2v) is 10.1. The summed E-state index contributed by atoms with van der Waals surface area (Å²) in [6.45, 7) is 9.68. The van der Waals surface area contributed by atoms with Crippen LogP contribution in [0.2, 0.25) is 0 Å². The number of hydrogen-bond acceptors (Lipinski definition) is 4. The number of likely N-dealkylation sites (tertiary alicyclic amines) is 1. The van der Waals surface area contributed by atoms with Crippen molar-refractivity contribution in [1.29, 1.82) is 0 Å². The average molecular weight is 416 g/mol. The van der Waals surface area contributed by atoms with Crippen molar-refractivity contribution < 1.29 is 19.1 Å². The highest BCUT2D eigenvalue weighted by Crippen LogP contribution is 2.55. The second kappa shape index (κ2) is 7.52. The van der Waals surface area contributed by atoms with Crippen LogP contribution >= 0.6 is 0 Å². The van der Waals surface area contributed by atoms with Gasteiger partial charge in [-0.3, -0.25) is 14.4 Å². The molecule has 3 fully saturated rings. The Kier molecular flexibility index (Phi) is 5.29. The molecule has 3 aliphatic heterocycles. The van der Waals surface area contributed by atoms with Gasteiger partial charge in [0.25, 0.3) is 0 Å². The van der Waals surface area contributed by atoms with Gasteiger partial charge in [-0.15, -0.1) is 6.58 Å². The van der Waals surface area contributed by atoms with E-state index in [1.165, 1.54) is 11.3 Å². The lowest BCUT2D eigenvalue weighted by molar-refractivity contribution is -0.141. The number of carbonyl (C=O) groups excluding carboxylic acids is 3. The van der Waals surface area contributed by atoms with Gasteiger partial charge in [0.15, 0.2) is 0 Å². The van der Waals surface area contributed by atoms with Crippen molar-refractivity contribution in [2.75, 3.05) is 6.54 Å². The molecule has 0 aromatic carbocycles. The van der Waals surface area contributed by atoms with E-state index in [9.17, 15) is 14.4 Å². The molecule has 164 valence electrons. The van der Waals surface area contributed by atoms with Crippen LogP contribution in [0.25, 0.3) is 0 Å². The van der Waals surface area contributed by atoms with Gasteiger partial charge in [-0.2, -0.15) is 0 Å². The fraction of sp³-hybridized carbons (Fsp3) is 0.696. The van der Waals surface area contributed by atoms with Gasteiger partial charge in [0.2, 0.25) is 17.7 Å². The maximum absolute atomic E-state index is 13.5. The molecule has 7 heteroatoms. The highest BCUT2D eigenvalue weighted by molar-refractivity contribution is 6.00. The van der Waals surface area contributed by atoms with E-state index in [-0.39, 0.29) is 30.3 Å². The predicted octanol–water partition coefficient (Wildman–Crippen LogP) is 1.69. The van der Waals surface area contributed by atoms with Crippen molar-refractivity contribution >= 4 is 17.7 Å². The molecule has 2 saturated heterocycles. The number of nitrogens with one attached hydrogen (secondary N) is 2. The highest BCUT2D eigenvalue weighted by atomic mass is 16.5. The first kappa shape index (κ1) is 21.1. The Morgan fingerprint density at radius 1 is 1.27 bits per heavy atom. The smallest absolute Gasteiger partial charge is 0.246 e. The van der Waals surface area contributed by atoms with Crippen LogP contribution in [-0.2, 0) is 19.1 Å². The van der Waals surface area contributed by atoms with Crippen LogP contribution in [0.4, 0.5) is 0 Å². The van der Waals surface area contributed by atoms with E-state index < -0.39 is 35.1 Å². The maximum Gasteiger partial charge on any atom is 0.246 e. The summed E-state index contributed by atoms with van der Waals surface area (Å²) in [6.07, 6.45) is 10.2. The zero-order valence-corrected chi connectivity index (χ0v) is 18.1. The van der Waals surface area contributed by atoms with Crippen molar-refractivity contribution in [3.63, 3.8) is 0 Å². The van der Waals surface area contributed by atoms with Crippen LogP contribution in [0.3, 0.4) is 0 Å². The van der Waals surface area contributed by atoms with E-state index in [1.54, 1.807) is 6.08 Å². The SMILES string of the molecule is C=CCN1C(=O)[C@H]2[C@@H](C(=O)NC3CCCCC3)[C@@H]3C=C[C@@]2(O3)[C@H]1C(=O)NC(C)(C)C. The predicted molar refractivity (Wildman–Crippen MR) is 112 cm³/mol. The third-order valence-corrected chi connectivity index (χ3v) is 6.70. The minimum Gasteiger partial charge on any atom is -0.359 e. The van der Waals surface area contributed by atoms with Gasteiger partial charge in [-0.25, -0.2) is 0 Å². The third kappa shape index (κ3) is 3.37. The molecule has 5 atom stereocenters. The Morgan fingerprint density at radius 2 is 1.97 bits per heavy atom. The number of ether oxygens (including phenoxy) is 1. The summed E-state index contributed by atoms with van der Waals surface area (Å²) in [7, 11) is 0. The lowest BCUT2D eigenvalue weighted by Gasteiger charge is -2.34. The molecule has 3 heterocycles. The number of hydrogen-bond donors (Lipinski definition) is 2. The molecular weight excluding hydrogens is 382 g/mol. The minimum atomic E-state index is -1.10. The summed E-state index contributed by atoms with van der Waals surface area (Å²) in [5.74, 6) is -1.90. The monoisotopic (exact) mass is 415 g/mol. The molecule has 2 bridgehead atoms. The van der Waals surface area contributed by atoms with E-state index >= 15 is 0 Å².